The summed E-state index contributed by atoms with van der Waals surface area (Å²) in [4.78, 5) is 11.5. The third-order valence-electron chi connectivity index (χ3n) is 2.62. The first-order chi connectivity index (χ1) is 10.4. The van der Waals surface area contributed by atoms with Crippen molar-refractivity contribution in [1.82, 2.24) is 4.83 Å². The minimum absolute atomic E-state index is 0.101. The molecular formula is C13H10FN3O4S. The molecule has 0 saturated carbocycles. The Morgan fingerprint density at radius 3 is 2.59 bits per heavy atom. The number of nitro benzene ring substituents is 1. The van der Waals surface area contributed by atoms with Gasteiger partial charge in [-0.25, -0.2) is 9.22 Å². The Morgan fingerprint density at radius 2 is 1.91 bits per heavy atom. The van der Waals surface area contributed by atoms with Gasteiger partial charge in [-0.05, 0) is 12.1 Å². The Labute approximate surface area is 125 Å². The lowest BCUT2D eigenvalue weighted by Crippen LogP contribution is -2.18. The van der Waals surface area contributed by atoms with Crippen molar-refractivity contribution in [2.45, 2.75) is 4.90 Å². The van der Waals surface area contributed by atoms with Gasteiger partial charge in [-0.15, -0.1) is 0 Å². The molecular weight excluding hydrogens is 313 g/mol. The van der Waals surface area contributed by atoms with E-state index < -0.39 is 20.8 Å². The van der Waals surface area contributed by atoms with E-state index in [1.54, 1.807) is 6.07 Å². The topological polar surface area (TPSA) is 102 Å². The van der Waals surface area contributed by atoms with Crippen LogP contribution in [0.4, 0.5) is 10.1 Å². The second-order valence-electron chi connectivity index (χ2n) is 4.13. The molecule has 0 aliphatic rings. The maximum Gasteiger partial charge on any atom is 0.276 e. The number of non-ortho nitro benzene ring substituents is 1. The number of hydrazone groups is 1. The Hall–Kier alpha value is -2.81. The molecule has 0 atom stereocenters. The van der Waals surface area contributed by atoms with E-state index in [2.05, 4.69) is 5.10 Å². The van der Waals surface area contributed by atoms with Gasteiger partial charge in [0.05, 0.1) is 16.0 Å². The molecule has 9 heteroatoms. The van der Waals surface area contributed by atoms with Crippen LogP contribution in [-0.4, -0.2) is 19.6 Å². The van der Waals surface area contributed by atoms with Crippen molar-refractivity contribution in [1.29, 1.82) is 0 Å². The summed E-state index contributed by atoms with van der Waals surface area (Å²) in [5, 5.41) is 14.1. The molecule has 0 aliphatic heterocycles. The molecule has 2 aromatic rings. The van der Waals surface area contributed by atoms with Gasteiger partial charge < -0.3 is 0 Å². The summed E-state index contributed by atoms with van der Waals surface area (Å²) < 4.78 is 37.2. The van der Waals surface area contributed by atoms with E-state index in [9.17, 15) is 22.9 Å². The SMILES string of the molecule is O=[N+]([O-])c1cccc(S(=O)(=O)N/N=C/c2ccccc2F)c1. The fourth-order valence-electron chi connectivity index (χ4n) is 1.56. The number of rotatable bonds is 5. The molecule has 2 aromatic carbocycles. The zero-order valence-corrected chi connectivity index (χ0v) is 11.8. The molecule has 114 valence electrons. The molecule has 0 heterocycles. The molecule has 22 heavy (non-hydrogen) atoms. The maximum atomic E-state index is 13.3. The molecule has 1 N–H and O–H groups in total. The second-order valence-corrected chi connectivity index (χ2v) is 5.79. The van der Waals surface area contributed by atoms with Crippen molar-refractivity contribution >= 4 is 21.9 Å². The third-order valence-corrected chi connectivity index (χ3v) is 3.84. The smallest absolute Gasteiger partial charge is 0.258 e. The largest absolute Gasteiger partial charge is 0.276 e. The van der Waals surface area contributed by atoms with Gasteiger partial charge in [0.1, 0.15) is 5.82 Å². The first kappa shape index (κ1) is 15.6. The van der Waals surface area contributed by atoms with Crippen molar-refractivity contribution in [3.8, 4) is 0 Å². The minimum atomic E-state index is -4.07. The van der Waals surface area contributed by atoms with E-state index in [4.69, 9.17) is 0 Å². The summed E-state index contributed by atoms with van der Waals surface area (Å²) in [6, 6.07) is 10.2. The van der Waals surface area contributed by atoms with Crippen molar-refractivity contribution < 1.29 is 17.7 Å². The predicted octanol–water partition coefficient (Wildman–Crippen LogP) is 2.05. The van der Waals surface area contributed by atoms with Crippen LogP contribution in [0.15, 0.2) is 58.5 Å². The normalized spacial score (nSPS) is 11.5. The van der Waals surface area contributed by atoms with Crippen LogP contribution in [0.1, 0.15) is 5.56 Å². The van der Waals surface area contributed by atoms with E-state index in [-0.39, 0.29) is 16.1 Å². The molecule has 0 unspecified atom stereocenters. The van der Waals surface area contributed by atoms with Gasteiger partial charge >= 0.3 is 0 Å². The van der Waals surface area contributed by atoms with Crippen LogP contribution < -0.4 is 4.83 Å². The van der Waals surface area contributed by atoms with Gasteiger partial charge in [0.15, 0.2) is 0 Å². The molecule has 0 radical (unpaired) electrons. The molecule has 0 saturated heterocycles. The third kappa shape index (κ3) is 3.64. The number of hydrogen-bond acceptors (Lipinski definition) is 5. The molecule has 0 fully saturated rings. The fraction of sp³-hybridized carbons (Fsp3) is 0. The Bertz CT molecular complexity index is 837. The number of sulfonamides is 1. The minimum Gasteiger partial charge on any atom is -0.258 e. The number of hydrogen-bond donors (Lipinski definition) is 1. The quantitative estimate of drug-likeness (QED) is 0.517. The summed E-state index contributed by atoms with van der Waals surface area (Å²) in [5.74, 6) is -0.555. The Balaban J connectivity index is 2.20. The average Bonchev–Trinajstić information content (AvgIpc) is 2.49. The summed E-state index contributed by atoms with van der Waals surface area (Å²) in [7, 11) is -4.07. The highest BCUT2D eigenvalue weighted by Gasteiger charge is 2.16. The van der Waals surface area contributed by atoms with Crippen molar-refractivity contribution in [2.24, 2.45) is 5.10 Å². The Kier molecular flexibility index (Phi) is 4.47. The van der Waals surface area contributed by atoms with Crippen LogP contribution in [0.2, 0.25) is 0 Å². The summed E-state index contributed by atoms with van der Waals surface area (Å²) in [6.07, 6.45) is 1.00. The predicted molar refractivity (Wildman–Crippen MR) is 77.4 cm³/mol. The van der Waals surface area contributed by atoms with Gasteiger partial charge in [0.25, 0.3) is 15.7 Å². The second kappa shape index (κ2) is 6.31. The van der Waals surface area contributed by atoms with E-state index in [0.29, 0.717) is 0 Å². The summed E-state index contributed by atoms with van der Waals surface area (Å²) in [6.45, 7) is 0. The number of nitrogens with one attached hydrogen (secondary N) is 1. The lowest BCUT2D eigenvalue weighted by Gasteiger charge is -2.03. The maximum absolute atomic E-state index is 13.3. The van der Waals surface area contributed by atoms with Gasteiger partial charge in [0.2, 0.25) is 0 Å². The molecule has 0 aromatic heterocycles. The van der Waals surface area contributed by atoms with Crippen LogP contribution in [0.25, 0.3) is 0 Å². The summed E-state index contributed by atoms with van der Waals surface area (Å²) in [5.41, 5.74) is -0.259. The molecule has 2 rings (SSSR count). The monoisotopic (exact) mass is 323 g/mol. The average molecular weight is 323 g/mol. The highest BCUT2D eigenvalue weighted by atomic mass is 32.2. The van der Waals surface area contributed by atoms with Gasteiger partial charge in [-0.1, -0.05) is 24.3 Å². The van der Waals surface area contributed by atoms with E-state index in [0.717, 1.165) is 12.3 Å². The van der Waals surface area contributed by atoms with Crippen molar-refractivity contribution in [3.05, 3.63) is 70.0 Å². The van der Waals surface area contributed by atoms with Crippen molar-refractivity contribution in [3.63, 3.8) is 0 Å². The zero-order valence-electron chi connectivity index (χ0n) is 11.0. The first-order valence-electron chi connectivity index (χ1n) is 5.94. The molecule has 0 amide bonds. The van der Waals surface area contributed by atoms with Crippen LogP contribution in [0.3, 0.4) is 0 Å². The van der Waals surface area contributed by atoms with Gasteiger partial charge in [0, 0.05) is 17.7 Å². The molecule has 0 bridgehead atoms. The lowest BCUT2D eigenvalue weighted by molar-refractivity contribution is -0.385. The van der Waals surface area contributed by atoms with Crippen molar-refractivity contribution in [2.75, 3.05) is 0 Å². The van der Waals surface area contributed by atoms with Crippen LogP contribution in [0, 0.1) is 15.9 Å². The molecule has 0 aliphatic carbocycles. The zero-order chi connectivity index (χ0) is 16.2. The number of nitro groups is 1. The van der Waals surface area contributed by atoms with Gasteiger partial charge in [-0.3, -0.25) is 10.1 Å². The summed E-state index contributed by atoms with van der Waals surface area (Å²) >= 11 is 0. The molecule has 0 spiro atoms. The standard InChI is InChI=1S/C13H10FN3O4S/c14-13-7-2-1-4-10(13)9-15-16-22(20,21)12-6-3-5-11(8-12)17(18)19/h1-9,16H/b15-9+. The number of benzene rings is 2. The van der Waals surface area contributed by atoms with Crippen LogP contribution >= 0.6 is 0 Å². The first-order valence-corrected chi connectivity index (χ1v) is 7.42. The number of nitrogens with zero attached hydrogens (tertiary/aromatic N) is 2. The van der Waals surface area contributed by atoms with E-state index in [1.807, 2.05) is 4.83 Å². The van der Waals surface area contributed by atoms with E-state index >= 15 is 0 Å². The molecule has 7 nitrogen and oxygen atoms in total. The highest BCUT2D eigenvalue weighted by Crippen LogP contribution is 2.17. The van der Waals surface area contributed by atoms with Crippen LogP contribution in [0.5, 0.6) is 0 Å². The fourth-order valence-corrected chi connectivity index (χ4v) is 2.39. The van der Waals surface area contributed by atoms with Gasteiger partial charge in [-0.2, -0.15) is 13.5 Å². The lowest BCUT2D eigenvalue weighted by atomic mass is 10.2. The number of halogens is 1. The Morgan fingerprint density at radius 1 is 1.18 bits per heavy atom. The van der Waals surface area contributed by atoms with E-state index in [1.165, 1.54) is 36.4 Å². The highest BCUT2D eigenvalue weighted by molar-refractivity contribution is 7.89. The van der Waals surface area contributed by atoms with Crippen LogP contribution in [-0.2, 0) is 10.0 Å².